The van der Waals surface area contributed by atoms with Crippen LogP contribution in [0, 0.1) is 0 Å². The van der Waals surface area contributed by atoms with Gasteiger partial charge in [-0.1, -0.05) is 30.3 Å². The van der Waals surface area contributed by atoms with Gasteiger partial charge in [-0.2, -0.15) is 0 Å². The number of carbonyl (C=O) groups excluding carboxylic acids is 3. The van der Waals surface area contributed by atoms with Crippen LogP contribution in [0.2, 0.25) is 0 Å². The standard InChI is InChI=1S/C20H23N3O4/c1-3-23(16-9-11-17(27-2)12-10-16)19(25)18(22-20(26)21-14-24)13-15-7-5-4-6-8-15/h4-12,14,18H,3,13H2,1-2H3,(H2,21,22,24,26). The zero-order chi connectivity index (χ0) is 19.6. The molecule has 0 heterocycles. The van der Waals surface area contributed by atoms with Crippen molar-refractivity contribution < 1.29 is 19.1 Å². The van der Waals surface area contributed by atoms with Crippen molar-refractivity contribution in [1.29, 1.82) is 0 Å². The second-order valence-corrected chi connectivity index (χ2v) is 5.76. The number of benzene rings is 2. The Bertz CT molecular complexity index is 763. The molecule has 27 heavy (non-hydrogen) atoms. The Balaban J connectivity index is 2.25. The fourth-order valence-electron chi connectivity index (χ4n) is 2.72. The number of nitrogens with one attached hydrogen (secondary N) is 2. The molecule has 0 saturated carbocycles. The highest BCUT2D eigenvalue weighted by molar-refractivity contribution is 6.00. The van der Waals surface area contributed by atoms with Gasteiger partial charge in [0, 0.05) is 18.7 Å². The van der Waals surface area contributed by atoms with Crippen molar-refractivity contribution in [3.05, 3.63) is 60.2 Å². The van der Waals surface area contributed by atoms with Crippen LogP contribution in [0.3, 0.4) is 0 Å². The SMILES string of the molecule is CCN(C(=O)C(Cc1ccccc1)NC(=O)NC=O)c1ccc(OC)cc1. The van der Waals surface area contributed by atoms with E-state index in [0.29, 0.717) is 24.4 Å². The first-order chi connectivity index (χ1) is 13.1. The summed E-state index contributed by atoms with van der Waals surface area (Å²) in [5.74, 6) is 0.416. The topological polar surface area (TPSA) is 87.7 Å². The Kier molecular flexibility index (Phi) is 7.37. The van der Waals surface area contributed by atoms with Crippen LogP contribution >= 0.6 is 0 Å². The number of anilines is 1. The number of rotatable bonds is 8. The van der Waals surface area contributed by atoms with Crippen molar-refractivity contribution in [1.82, 2.24) is 10.6 Å². The molecule has 1 atom stereocenters. The molecule has 7 nitrogen and oxygen atoms in total. The Hall–Kier alpha value is -3.35. The van der Waals surface area contributed by atoms with Gasteiger partial charge in [0.15, 0.2) is 0 Å². The number of amides is 4. The summed E-state index contributed by atoms with van der Waals surface area (Å²) in [4.78, 5) is 37.1. The predicted octanol–water partition coefficient (Wildman–Crippen LogP) is 2.11. The van der Waals surface area contributed by atoms with E-state index in [1.165, 1.54) is 0 Å². The molecule has 142 valence electrons. The predicted molar refractivity (Wildman–Crippen MR) is 103 cm³/mol. The van der Waals surface area contributed by atoms with Crippen LogP contribution < -0.4 is 20.3 Å². The summed E-state index contributed by atoms with van der Waals surface area (Å²) in [5.41, 5.74) is 1.59. The average molecular weight is 369 g/mol. The van der Waals surface area contributed by atoms with E-state index in [1.54, 1.807) is 36.3 Å². The summed E-state index contributed by atoms with van der Waals surface area (Å²) in [6, 6.07) is 14.9. The molecule has 1 unspecified atom stereocenters. The van der Waals surface area contributed by atoms with Crippen LogP contribution in [0.1, 0.15) is 12.5 Å². The minimum Gasteiger partial charge on any atom is -0.497 e. The summed E-state index contributed by atoms with van der Waals surface area (Å²) in [5, 5.41) is 4.59. The molecule has 4 amide bonds. The van der Waals surface area contributed by atoms with E-state index in [9.17, 15) is 14.4 Å². The van der Waals surface area contributed by atoms with Crippen LogP contribution in [-0.2, 0) is 16.0 Å². The lowest BCUT2D eigenvalue weighted by Gasteiger charge is -2.27. The molecule has 2 aromatic carbocycles. The van der Waals surface area contributed by atoms with Gasteiger partial charge < -0.3 is 15.0 Å². The Morgan fingerprint density at radius 1 is 1.11 bits per heavy atom. The molecular formula is C20H23N3O4. The van der Waals surface area contributed by atoms with E-state index < -0.39 is 12.1 Å². The third kappa shape index (κ3) is 5.57. The summed E-state index contributed by atoms with van der Waals surface area (Å²) >= 11 is 0. The zero-order valence-electron chi connectivity index (χ0n) is 15.3. The smallest absolute Gasteiger partial charge is 0.321 e. The van der Waals surface area contributed by atoms with E-state index in [2.05, 4.69) is 5.32 Å². The van der Waals surface area contributed by atoms with Gasteiger partial charge in [0.2, 0.25) is 12.3 Å². The molecule has 0 bridgehead atoms. The van der Waals surface area contributed by atoms with Crippen LogP contribution in [0.4, 0.5) is 10.5 Å². The molecule has 2 N–H and O–H groups in total. The van der Waals surface area contributed by atoms with E-state index in [4.69, 9.17) is 4.74 Å². The first-order valence-corrected chi connectivity index (χ1v) is 8.59. The van der Waals surface area contributed by atoms with Gasteiger partial charge in [-0.25, -0.2) is 4.79 Å². The normalized spacial score (nSPS) is 11.2. The van der Waals surface area contributed by atoms with E-state index >= 15 is 0 Å². The van der Waals surface area contributed by atoms with Crippen LogP contribution in [0.15, 0.2) is 54.6 Å². The molecule has 0 fully saturated rings. The molecule has 0 spiro atoms. The monoisotopic (exact) mass is 369 g/mol. The largest absolute Gasteiger partial charge is 0.497 e. The molecule has 7 heteroatoms. The maximum absolute atomic E-state index is 13.1. The fourth-order valence-corrected chi connectivity index (χ4v) is 2.72. The van der Waals surface area contributed by atoms with Gasteiger partial charge in [-0.05, 0) is 36.8 Å². The fraction of sp³-hybridized carbons (Fsp3) is 0.250. The second kappa shape index (κ2) is 9.96. The van der Waals surface area contributed by atoms with Crippen LogP contribution in [-0.4, -0.2) is 38.0 Å². The molecule has 0 aromatic heterocycles. The maximum atomic E-state index is 13.1. The number of urea groups is 1. The van der Waals surface area contributed by atoms with E-state index in [1.807, 2.05) is 42.6 Å². The van der Waals surface area contributed by atoms with Crippen molar-refractivity contribution >= 4 is 24.0 Å². The van der Waals surface area contributed by atoms with E-state index in [0.717, 1.165) is 5.56 Å². The highest BCUT2D eigenvalue weighted by atomic mass is 16.5. The number of hydrogen-bond donors (Lipinski definition) is 2. The van der Waals surface area contributed by atoms with Crippen LogP contribution in [0.5, 0.6) is 5.75 Å². The Labute approximate surface area is 158 Å². The number of likely N-dealkylation sites (N-methyl/N-ethyl adjacent to an activating group) is 1. The van der Waals surface area contributed by atoms with Crippen molar-refractivity contribution in [2.24, 2.45) is 0 Å². The minimum atomic E-state index is -0.825. The Morgan fingerprint density at radius 3 is 2.33 bits per heavy atom. The first-order valence-electron chi connectivity index (χ1n) is 8.59. The lowest BCUT2D eigenvalue weighted by Crippen LogP contribution is -2.52. The van der Waals surface area contributed by atoms with Gasteiger partial charge in [-0.3, -0.25) is 14.9 Å². The van der Waals surface area contributed by atoms with Gasteiger partial charge in [0.25, 0.3) is 0 Å². The number of methoxy groups -OCH3 is 1. The maximum Gasteiger partial charge on any atom is 0.321 e. The van der Waals surface area contributed by atoms with Gasteiger partial charge in [-0.15, -0.1) is 0 Å². The van der Waals surface area contributed by atoms with Crippen molar-refractivity contribution in [2.45, 2.75) is 19.4 Å². The first kappa shape index (κ1) is 20.0. The van der Waals surface area contributed by atoms with Crippen molar-refractivity contribution in [3.8, 4) is 5.75 Å². The summed E-state index contributed by atoms with van der Waals surface area (Å²) < 4.78 is 5.15. The average Bonchev–Trinajstić information content (AvgIpc) is 2.69. The Morgan fingerprint density at radius 2 is 1.78 bits per heavy atom. The lowest BCUT2D eigenvalue weighted by molar-refractivity contribution is -0.120. The van der Waals surface area contributed by atoms with Gasteiger partial charge in [0.1, 0.15) is 11.8 Å². The van der Waals surface area contributed by atoms with Crippen LogP contribution in [0.25, 0.3) is 0 Å². The van der Waals surface area contributed by atoms with Crippen molar-refractivity contribution in [3.63, 3.8) is 0 Å². The lowest BCUT2D eigenvalue weighted by atomic mass is 10.0. The molecule has 0 saturated heterocycles. The highest BCUT2D eigenvalue weighted by Crippen LogP contribution is 2.20. The molecule has 2 rings (SSSR count). The third-order valence-corrected chi connectivity index (χ3v) is 4.04. The summed E-state index contributed by atoms with van der Waals surface area (Å²) in [6.45, 7) is 2.28. The second-order valence-electron chi connectivity index (χ2n) is 5.76. The number of carbonyl (C=O) groups is 3. The molecule has 0 radical (unpaired) electrons. The molecule has 0 aliphatic heterocycles. The molecule has 2 aromatic rings. The number of nitrogens with zero attached hydrogens (tertiary/aromatic N) is 1. The molecule has 0 aliphatic rings. The minimum absolute atomic E-state index is 0.271. The quantitative estimate of drug-likeness (QED) is 0.698. The summed E-state index contributed by atoms with van der Waals surface area (Å²) in [6.07, 6.45) is 0.582. The third-order valence-electron chi connectivity index (χ3n) is 4.04. The number of imide groups is 1. The van der Waals surface area contributed by atoms with Gasteiger partial charge in [0.05, 0.1) is 7.11 Å². The zero-order valence-corrected chi connectivity index (χ0v) is 15.3. The van der Waals surface area contributed by atoms with Gasteiger partial charge >= 0.3 is 6.03 Å². The number of ether oxygens (including phenoxy) is 1. The van der Waals surface area contributed by atoms with E-state index in [-0.39, 0.29) is 12.3 Å². The summed E-state index contributed by atoms with van der Waals surface area (Å²) in [7, 11) is 1.57. The highest BCUT2D eigenvalue weighted by Gasteiger charge is 2.26. The van der Waals surface area contributed by atoms with Crippen molar-refractivity contribution in [2.75, 3.05) is 18.6 Å². The number of hydrogen-bond acceptors (Lipinski definition) is 4. The molecular weight excluding hydrogens is 346 g/mol. The molecule has 0 aliphatic carbocycles.